The average Bonchev–Trinajstić information content (AvgIpc) is 3.20. The van der Waals surface area contributed by atoms with Crippen LogP contribution in [0.2, 0.25) is 18.1 Å². The molecule has 0 amide bonds. The molecule has 10 nitrogen and oxygen atoms in total. The maximum absolute atomic E-state index is 10.1. The van der Waals surface area contributed by atoms with E-state index in [1.807, 2.05) is 40.7 Å². The first-order valence-corrected chi connectivity index (χ1v) is 26.1. The molecule has 0 unspecified atom stereocenters. The van der Waals surface area contributed by atoms with E-state index in [1.54, 1.807) is 6.07 Å². The molecule has 0 radical (unpaired) electrons. The monoisotopic (exact) mass is 923 g/mol. The van der Waals surface area contributed by atoms with E-state index in [2.05, 4.69) is 85.0 Å². The lowest BCUT2D eigenvalue weighted by atomic mass is 10.1. The molecule has 0 rings (SSSR count). The van der Waals surface area contributed by atoms with Crippen molar-refractivity contribution in [2.75, 3.05) is 52.9 Å². The number of hydrogen-bond acceptors (Lipinski definition) is 10. The number of nitrogens with zero attached hydrogens (tertiary/aromatic N) is 1. The van der Waals surface area contributed by atoms with Gasteiger partial charge in [0.05, 0.1) is 32.5 Å². The second kappa shape index (κ2) is 78.5. The summed E-state index contributed by atoms with van der Waals surface area (Å²) in [5.74, 6) is 3.00. The maximum atomic E-state index is 10.1. The van der Waals surface area contributed by atoms with Crippen LogP contribution in [0.3, 0.4) is 0 Å². The highest BCUT2D eigenvalue weighted by molar-refractivity contribution is 7.17. The Morgan fingerprint density at radius 3 is 1.15 bits per heavy atom. The molecule has 368 valence electrons. The third-order valence-corrected chi connectivity index (χ3v) is 13.0. The summed E-state index contributed by atoms with van der Waals surface area (Å²) < 4.78 is 53.8. The third kappa shape index (κ3) is 101. The lowest BCUT2D eigenvalue weighted by molar-refractivity contribution is 0.162. The van der Waals surface area contributed by atoms with E-state index in [4.69, 9.17) is 33.3 Å². The summed E-state index contributed by atoms with van der Waals surface area (Å²) in [6, 6.07) is 1.75. The van der Waals surface area contributed by atoms with Gasteiger partial charge in [-0.25, -0.2) is 9.13 Å². The molecular formula is C46H105FN2O8P2Si. The predicted octanol–water partition coefficient (Wildman–Crippen LogP) is 16.6. The van der Waals surface area contributed by atoms with Crippen LogP contribution in [0.25, 0.3) is 0 Å². The van der Waals surface area contributed by atoms with Gasteiger partial charge in [0, 0.05) is 33.4 Å². The summed E-state index contributed by atoms with van der Waals surface area (Å²) in [6.07, 6.45) is 22.4. The van der Waals surface area contributed by atoms with E-state index in [9.17, 15) is 9.13 Å². The Morgan fingerprint density at radius 1 is 0.667 bits per heavy atom. The van der Waals surface area contributed by atoms with Gasteiger partial charge in [0.25, 0.3) is 0 Å². The fourth-order valence-corrected chi connectivity index (χ4v) is 4.92. The number of aliphatic hydroxyl groups is 1. The molecule has 14 heteroatoms. The highest BCUT2D eigenvalue weighted by Crippen LogP contribution is 2.36. The van der Waals surface area contributed by atoms with Crippen LogP contribution in [0.15, 0.2) is 23.3 Å². The number of halogens is 1. The van der Waals surface area contributed by atoms with Gasteiger partial charge in [-0.15, -0.1) is 4.48 Å². The first-order chi connectivity index (χ1) is 27.6. The van der Waals surface area contributed by atoms with Crippen molar-refractivity contribution in [2.45, 2.75) is 220 Å². The van der Waals surface area contributed by atoms with Gasteiger partial charge in [0.2, 0.25) is 0 Å². The number of hydrogen-bond donors (Lipinski definition) is 2. The largest absolute Gasteiger partial charge is 0.413 e. The second-order valence-electron chi connectivity index (χ2n) is 14.3. The number of unbranched alkanes of at least 4 members (excludes halogenated alkanes) is 10. The van der Waals surface area contributed by atoms with Crippen molar-refractivity contribution in [3.05, 3.63) is 23.3 Å². The van der Waals surface area contributed by atoms with Crippen LogP contribution in [-0.2, 0) is 32.1 Å². The van der Waals surface area contributed by atoms with Crippen molar-refractivity contribution in [3.63, 3.8) is 0 Å². The molecule has 0 heterocycles. The molecule has 0 aromatic carbocycles. The summed E-state index contributed by atoms with van der Waals surface area (Å²) >= 11 is 0. The van der Waals surface area contributed by atoms with Gasteiger partial charge in [-0.2, -0.15) is 11.2 Å². The van der Waals surface area contributed by atoms with Gasteiger partial charge < -0.3 is 19.0 Å². The van der Waals surface area contributed by atoms with E-state index < -0.39 is 8.32 Å². The standard InChI is InChI=1S/C12H25O3PSi.2C8H18.C6H11O3P.2C4H10O.C2H3N.2CH4.FH2N/c1-11(8-7-9-14-16-13)10-15-17(5,6)12(2,3)4;2*1-3-5-7-8-6-4-2;1-6(5-7)3-2-4-9-10-8;2*1-3-5-4-2;1-2-3;;;1-2/h8H,7,9-10H2,1-6H3;2*3-8H2,1-2H3;3,7H,2,4-5H2,1H3;2*3-4H2,1-2H3;1H3;2*1H4;2H2/b11-8-;;;6-3-;;;;;;. The van der Waals surface area contributed by atoms with E-state index >= 15 is 0 Å². The molecule has 0 aliphatic heterocycles. The summed E-state index contributed by atoms with van der Waals surface area (Å²) in [5, 5.41) is 16.1. The fourth-order valence-electron chi connectivity index (χ4n) is 3.54. The van der Waals surface area contributed by atoms with E-state index in [1.165, 1.54) is 89.5 Å². The van der Waals surface area contributed by atoms with Crippen molar-refractivity contribution < 1.29 is 41.7 Å². The number of rotatable bonds is 26. The van der Waals surface area contributed by atoms with Crippen molar-refractivity contribution in [3.8, 4) is 6.07 Å². The zero-order valence-electron chi connectivity index (χ0n) is 40.8. The van der Waals surface area contributed by atoms with Gasteiger partial charge in [-0.1, -0.05) is 164 Å². The average molecular weight is 923 g/mol. The number of nitrogens with two attached hydrogens (primary N) is 1. The zero-order chi connectivity index (χ0) is 46.8. The minimum atomic E-state index is -1.65. The Labute approximate surface area is 379 Å². The Balaban J connectivity index is -0.0000000637. The smallest absolute Gasteiger partial charge is 0.327 e. The Kier molecular flexibility index (Phi) is 108. The van der Waals surface area contributed by atoms with Crippen LogP contribution in [0.5, 0.6) is 0 Å². The van der Waals surface area contributed by atoms with Crippen LogP contribution in [-0.4, -0.2) is 66.3 Å². The molecule has 0 aromatic rings. The summed E-state index contributed by atoms with van der Waals surface area (Å²) in [6.45, 7) is 38.6. The lowest BCUT2D eigenvalue weighted by Crippen LogP contribution is -2.41. The molecule has 0 aliphatic carbocycles. The molecule has 0 bridgehead atoms. The van der Waals surface area contributed by atoms with Crippen LogP contribution in [0, 0.1) is 11.3 Å². The van der Waals surface area contributed by atoms with E-state index in [0.29, 0.717) is 26.2 Å². The number of ether oxygens (including phenoxy) is 2. The van der Waals surface area contributed by atoms with E-state index in [-0.39, 0.29) is 43.9 Å². The molecule has 0 saturated heterocycles. The van der Waals surface area contributed by atoms with Gasteiger partial charge in [0.1, 0.15) is 0 Å². The topological polar surface area (TPSA) is 150 Å². The normalized spacial score (nSPS) is 10.4. The molecule has 0 spiro atoms. The fraction of sp³-hybridized carbons (Fsp3) is 0.891. The number of aliphatic hydroxyl groups excluding tert-OH is 1. The molecule has 0 fully saturated rings. The van der Waals surface area contributed by atoms with Crippen LogP contribution < -0.4 is 5.96 Å². The van der Waals surface area contributed by atoms with Crippen LogP contribution in [0.1, 0.15) is 202 Å². The van der Waals surface area contributed by atoms with Crippen LogP contribution >= 0.6 is 17.4 Å². The quantitative estimate of drug-likeness (QED) is 0.0282. The molecule has 0 saturated carbocycles. The van der Waals surface area contributed by atoms with Gasteiger partial charge >= 0.3 is 17.4 Å². The van der Waals surface area contributed by atoms with Gasteiger partial charge in [-0.05, 0) is 72.5 Å². The van der Waals surface area contributed by atoms with Crippen LogP contribution in [0.4, 0.5) is 4.48 Å². The first kappa shape index (κ1) is 82.7. The Morgan fingerprint density at radius 2 is 0.950 bits per heavy atom. The molecule has 3 N–H and O–H groups in total. The molecule has 0 aliphatic rings. The minimum absolute atomic E-state index is 0. The Hall–Kier alpha value is -0.963. The SMILES string of the molecule is C.C.C/C(=C/CCOP=O)CO.C/C(=C/CCOP=O)CO[Si](C)(C)C(C)(C)C.CC#N.CCCCCCCC.CCCCCCCC.CCOCC.CCOCC.NF. The molecular weight excluding hydrogens is 818 g/mol. The molecule has 60 heavy (non-hydrogen) atoms. The number of nitriles is 1. The van der Waals surface area contributed by atoms with Crippen molar-refractivity contribution in [1.29, 1.82) is 5.26 Å². The highest BCUT2D eigenvalue weighted by atomic mass is 31.1. The van der Waals surface area contributed by atoms with Gasteiger partial charge in [-0.3, -0.25) is 9.05 Å². The molecule has 0 atom stereocenters. The predicted molar refractivity (Wildman–Crippen MR) is 267 cm³/mol. The van der Waals surface area contributed by atoms with Crippen molar-refractivity contribution in [1.82, 2.24) is 0 Å². The molecule has 0 aromatic heterocycles. The second-order valence-corrected chi connectivity index (χ2v) is 19.9. The summed E-state index contributed by atoms with van der Waals surface area (Å²) in [4.78, 5) is 0. The van der Waals surface area contributed by atoms with Crippen molar-refractivity contribution >= 4 is 25.7 Å². The minimum Gasteiger partial charge on any atom is -0.413 e. The first-order valence-electron chi connectivity index (χ1n) is 21.7. The summed E-state index contributed by atoms with van der Waals surface area (Å²) in [5.41, 5.74) is 2.12. The Bertz CT molecular complexity index is 812. The highest BCUT2D eigenvalue weighted by Gasteiger charge is 2.36. The van der Waals surface area contributed by atoms with Crippen molar-refractivity contribution in [2.24, 2.45) is 5.96 Å². The third-order valence-electron chi connectivity index (χ3n) is 7.96. The van der Waals surface area contributed by atoms with E-state index in [0.717, 1.165) is 38.4 Å². The van der Waals surface area contributed by atoms with Gasteiger partial charge in [0.15, 0.2) is 8.32 Å². The summed E-state index contributed by atoms with van der Waals surface area (Å²) in [7, 11) is -2.17. The maximum Gasteiger partial charge on any atom is 0.327 e. The zero-order valence-corrected chi connectivity index (χ0v) is 43.6. The lowest BCUT2D eigenvalue weighted by Gasteiger charge is -2.36.